The molecule has 2 aromatic rings. The van der Waals surface area contributed by atoms with Gasteiger partial charge in [-0.1, -0.05) is 25.6 Å². The normalized spacial score (nSPS) is 21.9. The number of hydrogen-bond acceptors (Lipinski definition) is 19. The Kier molecular flexibility index (Phi) is 16.4. The number of hydrogen-bond donors (Lipinski definition) is 9. The van der Waals surface area contributed by atoms with Crippen LogP contribution in [0.5, 0.6) is 0 Å². The molecule has 304 valence electrons. The van der Waals surface area contributed by atoms with Crippen molar-refractivity contribution in [2.24, 2.45) is 5.41 Å². The van der Waals surface area contributed by atoms with Crippen LogP contribution in [-0.4, -0.2) is 129 Å². The van der Waals surface area contributed by atoms with Crippen molar-refractivity contribution < 1.29 is 85.3 Å². The van der Waals surface area contributed by atoms with Gasteiger partial charge in [0, 0.05) is 43.5 Å². The van der Waals surface area contributed by atoms with Crippen molar-refractivity contribution in [3.63, 3.8) is 0 Å². The molecule has 1 aliphatic rings. The highest BCUT2D eigenvalue weighted by Crippen LogP contribution is 2.61. The summed E-state index contributed by atoms with van der Waals surface area (Å²) in [5, 5.41) is 26.0. The predicted molar refractivity (Wildman–Crippen MR) is 182 cm³/mol. The number of nitrogens with zero attached hydrogens (tertiary/aromatic N) is 4. The average molecular weight is 852 g/mol. The molecule has 0 radical (unpaired) electrons. The number of thioether (sulfide) groups is 1. The van der Waals surface area contributed by atoms with Gasteiger partial charge in [0.05, 0.1) is 19.5 Å². The number of carbonyl (C=O) groups is 4. The Labute approximate surface area is 310 Å². The molecular weight excluding hydrogens is 811 g/mol. The zero-order chi connectivity index (χ0) is 40.5. The van der Waals surface area contributed by atoms with Gasteiger partial charge in [0.2, 0.25) is 11.8 Å². The molecule has 3 unspecified atom stereocenters. The van der Waals surface area contributed by atoms with Crippen LogP contribution in [0.15, 0.2) is 12.7 Å². The number of aromatic nitrogens is 4. The van der Waals surface area contributed by atoms with Crippen LogP contribution in [0.2, 0.25) is 0 Å². The number of ether oxygens (including phenoxy) is 1. The van der Waals surface area contributed by atoms with E-state index in [2.05, 4.69) is 34.4 Å². The Morgan fingerprint density at radius 3 is 2.43 bits per heavy atom. The van der Waals surface area contributed by atoms with E-state index in [1.165, 1.54) is 13.8 Å². The monoisotopic (exact) mass is 851 g/mol. The topological polar surface area (TPSA) is 381 Å². The molecule has 0 spiro atoms. The molecule has 7 atom stereocenters. The Morgan fingerprint density at radius 1 is 1.07 bits per heavy atom. The summed E-state index contributed by atoms with van der Waals surface area (Å²) >= 11 is 0.951. The predicted octanol–water partition coefficient (Wildman–Crippen LogP) is -1.36. The first kappa shape index (κ1) is 45.6. The lowest BCUT2D eigenvalue weighted by molar-refractivity contribution is -0.137. The van der Waals surface area contributed by atoms with Crippen molar-refractivity contribution in [3.8, 4) is 0 Å². The van der Waals surface area contributed by atoms with Crippen LogP contribution in [0.3, 0.4) is 0 Å². The van der Waals surface area contributed by atoms with Gasteiger partial charge in [0.25, 0.3) is 0 Å². The number of anilines is 1. The second-order valence-electron chi connectivity index (χ2n) is 12.0. The molecule has 10 N–H and O–H groups in total. The van der Waals surface area contributed by atoms with Gasteiger partial charge >= 0.3 is 23.5 Å². The average Bonchev–Trinajstić information content (AvgIpc) is 3.63. The molecule has 0 aliphatic carbocycles. The molecule has 0 aromatic carbocycles. The Bertz CT molecular complexity index is 1800. The Morgan fingerprint density at radius 2 is 1.76 bits per heavy atom. The fourth-order valence-corrected chi connectivity index (χ4v) is 8.07. The van der Waals surface area contributed by atoms with Crippen LogP contribution in [0, 0.1) is 5.41 Å². The highest BCUT2D eigenvalue weighted by Gasteiger charge is 2.50. The number of aliphatic hydroxyl groups excluding tert-OH is 2. The number of rotatable bonds is 22. The van der Waals surface area contributed by atoms with E-state index in [9.17, 15) is 62.7 Å². The van der Waals surface area contributed by atoms with Gasteiger partial charge in [-0.25, -0.2) is 28.6 Å². The number of phosphoric ester groups is 3. The number of fused-ring (bicyclic) bond motifs is 1. The number of phosphoric acid groups is 3. The Hall–Kier alpha value is -2.77. The fraction of sp³-hybridized carbons (Fsp3) is 0.640. The lowest BCUT2D eigenvalue weighted by atomic mass is 9.87. The number of amides is 2. The quantitative estimate of drug-likeness (QED) is 0.0375. The highest BCUT2D eigenvalue weighted by atomic mass is 32.2. The van der Waals surface area contributed by atoms with Gasteiger partial charge in [0.15, 0.2) is 22.8 Å². The Balaban J connectivity index is 1.50. The first-order valence-electron chi connectivity index (χ1n) is 15.5. The van der Waals surface area contributed by atoms with Crippen molar-refractivity contribution in [3.05, 3.63) is 12.7 Å². The number of nitrogen functional groups attached to an aromatic ring is 1. The molecular formula is C25H40N7O18P3S. The number of aldehydes is 1. The molecule has 3 rings (SSSR count). The number of nitrogens with two attached hydrogens (primary N) is 1. The van der Waals surface area contributed by atoms with Crippen LogP contribution in [0.4, 0.5) is 5.82 Å². The molecule has 0 bridgehead atoms. The molecule has 3 heterocycles. The molecule has 0 saturated carbocycles. The minimum Gasteiger partial charge on any atom is -0.386 e. The highest BCUT2D eigenvalue weighted by molar-refractivity contribution is 8.13. The summed E-state index contributed by atoms with van der Waals surface area (Å²) in [6.45, 7) is 0.352. The molecule has 54 heavy (non-hydrogen) atoms. The van der Waals surface area contributed by atoms with E-state index < -0.39 is 84.6 Å². The van der Waals surface area contributed by atoms with E-state index in [0.717, 1.165) is 29.0 Å². The third-order valence-corrected chi connectivity index (χ3v) is 11.3. The molecule has 29 heteroatoms. The fourth-order valence-electron chi connectivity index (χ4n) is 4.54. The maximum absolute atomic E-state index is 12.6. The molecule has 2 amide bonds. The molecule has 25 nitrogen and oxygen atoms in total. The van der Waals surface area contributed by atoms with Crippen LogP contribution in [0.1, 0.15) is 39.3 Å². The summed E-state index contributed by atoms with van der Waals surface area (Å²) in [6, 6.07) is 0. The smallest absolute Gasteiger partial charge is 0.386 e. The summed E-state index contributed by atoms with van der Waals surface area (Å²) in [7, 11) is -16.4. The van der Waals surface area contributed by atoms with E-state index >= 15 is 0 Å². The second kappa shape index (κ2) is 19.4. The number of aliphatic hydroxyl groups is 2. The van der Waals surface area contributed by atoms with Crippen molar-refractivity contribution in [1.29, 1.82) is 0 Å². The van der Waals surface area contributed by atoms with Crippen molar-refractivity contribution >= 4 is 75.4 Å². The van der Waals surface area contributed by atoms with Gasteiger partial charge < -0.3 is 55.7 Å². The lowest BCUT2D eigenvalue weighted by Crippen LogP contribution is -2.46. The third kappa shape index (κ3) is 13.8. The summed E-state index contributed by atoms with van der Waals surface area (Å²) in [4.78, 5) is 97.1. The van der Waals surface area contributed by atoms with Crippen molar-refractivity contribution in [2.45, 2.75) is 63.8 Å². The SMILES string of the molecule is CC(C)(COP(=O)(O)OP(=O)(O)OC[C@H]1O[C@@H](n2cnc3c(N)ncnc32)[C@H](O)[C@@H]1OP(=O)(O)O)C(O)C(=O)NCCC(=O)NCCSC(=O)CCC=O. The number of imidazole rings is 1. The van der Waals surface area contributed by atoms with Gasteiger partial charge in [-0.3, -0.25) is 32.5 Å². The van der Waals surface area contributed by atoms with Gasteiger partial charge in [-0.15, -0.1) is 0 Å². The van der Waals surface area contributed by atoms with Crippen molar-refractivity contribution in [2.75, 3.05) is 37.8 Å². The minimum atomic E-state index is -5.57. The van der Waals surface area contributed by atoms with Crippen LogP contribution < -0.4 is 16.4 Å². The first-order chi connectivity index (χ1) is 25.1. The van der Waals surface area contributed by atoms with E-state index in [1.54, 1.807) is 0 Å². The summed E-state index contributed by atoms with van der Waals surface area (Å²) in [5.41, 5.74) is 4.23. The van der Waals surface area contributed by atoms with Crippen LogP contribution >= 0.6 is 35.2 Å². The third-order valence-electron chi connectivity index (χ3n) is 7.23. The number of carbonyl (C=O) groups excluding carboxylic acids is 4. The van der Waals surface area contributed by atoms with Gasteiger partial charge in [0.1, 0.15) is 42.5 Å². The van der Waals surface area contributed by atoms with Crippen molar-refractivity contribution in [1.82, 2.24) is 30.2 Å². The second-order valence-corrected chi connectivity index (χ2v) is 17.4. The minimum absolute atomic E-state index is 0.0248. The van der Waals surface area contributed by atoms with Crippen LogP contribution in [-0.2, 0) is 55.5 Å². The van der Waals surface area contributed by atoms with Crippen LogP contribution in [0.25, 0.3) is 11.2 Å². The molecule has 1 saturated heterocycles. The molecule has 1 fully saturated rings. The largest absolute Gasteiger partial charge is 0.481 e. The summed E-state index contributed by atoms with van der Waals surface area (Å²) in [5.74, 6) is -1.25. The van der Waals surface area contributed by atoms with Gasteiger partial charge in [-0.2, -0.15) is 4.31 Å². The van der Waals surface area contributed by atoms with E-state index in [0.29, 0.717) is 6.29 Å². The maximum Gasteiger partial charge on any atom is 0.481 e. The summed E-state index contributed by atoms with van der Waals surface area (Å²) < 4.78 is 61.9. The zero-order valence-electron chi connectivity index (χ0n) is 28.5. The summed E-state index contributed by atoms with van der Waals surface area (Å²) in [6.07, 6.45) is -6.18. The van der Waals surface area contributed by atoms with E-state index in [1.807, 2.05) is 0 Å². The number of nitrogens with one attached hydrogen (secondary N) is 2. The molecule has 1 aliphatic heterocycles. The zero-order valence-corrected chi connectivity index (χ0v) is 32.0. The molecule has 2 aromatic heterocycles. The first-order valence-corrected chi connectivity index (χ1v) is 21.0. The maximum atomic E-state index is 12.6. The van der Waals surface area contributed by atoms with Gasteiger partial charge in [-0.05, 0) is 0 Å². The van der Waals surface area contributed by atoms with E-state index in [-0.39, 0.29) is 60.2 Å². The van der Waals surface area contributed by atoms with E-state index in [4.69, 9.17) is 19.5 Å². The standard InChI is InChI=1S/C25H40N7O18P3S/c1-25(2,20(37)23(38)28-6-5-15(34)27-7-9-54-16(35)4-3-8-33)11-47-53(44,45)50-52(42,43)46-10-14-19(49-51(39,40)41)18(36)24(48-14)32-13-31-17-21(26)29-12-30-22(17)32/h8,12-14,18-20,24,36-37H,3-7,9-11H2,1-2H3,(H,27,34)(H,28,38)(H,42,43)(H,44,45)(H2,26,29,30)(H2,39,40,41)/t14-,18-,19-,20?,24-/m1/s1. The lowest BCUT2D eigenvalue weighted by Gasteiger charge is -2.30.